The Morgan fingerprint density at radius 1 is 1.24 bits per heavy atom. The molecule has 5 nitrogen and oxygen atoms in total. The van der Waals surface area contributed by atoms with E-state index >= 15 is 0 Å². The standard InChI is InChI=1S/C12H20O5/c1-8-5-11(15)6-9(13)3-2-4-10(14)7-12(16)17-8/h2,4,8-11,13-15H,3,5-7H2,1H3/b4-2+/t8-,9+,10-,11?/m1/s1. The highest BCUT2D eigenvalue weighted by atomic mass is 16.5. The normalized spacial score (nSPS) is 38.7. The van der Waals surface area contributed by atoms with Gasteiger partial charge in [-0.05, 0) is 19.8 Å². The maximum Gasteiger partial charge on any atom is 0.309 e. The first-order chi connectivity index (χ1) is 7.97. The summed E-state index contributed by atoms with van der Waals surface area (Å²) >= 11 is 0. The first-order valence-electron chi connectivity index (χ1n) is 5.87. The molecule has 17 heavy (non-hydrogen) atoms. The first kappa shape index (κ1) is 14.2. The molecular formula is C12H20O5. The van der Waals surface area contributed by atoms with Gasteiger partial charge < -0.3 is 20.1 Å². The number of esters is 1. The summed E-state index contributed by atoms with van der Waals surface area (Å²) in [4.78, 5) is 11.3. The Balaban J connectivity index is 2.64. The molecule has 1 rings (SSSR count). The smallest absolute Gasteiger partial charge is 0.309 e. The quantitative estimate of drug-likeness (QED) is 0.416. The van der Waals surface area contributed by atoms with Crippen molar-refractivity contribution in [1.82, 2.24) is 0 Å². The van der Waals surface area contributed by atoms with Crippen molar-refractivity contribution >= 4 is 5.97 Å². The zero-order valence-electron chi connectivity index (χ0n) is 9.95. The summed E-state index contributed by atoms with van der Waals surface area (Å²) in [7, 11) is 0. The predicted octanol–water partition coefficient (Wildman–Crippen LogP) is 0.131. The van der Waals surface area contributed by atoms with E-state index in [4.69, 9.17) is 4.74 Å². The molecule has 0 aromatic carbocycles. The molecule has 0 fully saturated rings. The molecule has 4 atom stereocenters. The lowest BCUT2D eigenvalue weighted by molar-refractivity contribution is -0.151. The molecule has 0 saturated carbocycles. The molecule has 0 aromatic rings. The Labute approximate surface area is 101 Å². The third-order valence-electron chi connectivity index (χ3n) is 2.62. The fourth-order valence-electron chi connectivity index (χ4n) is 1.84. The minimum Gasteiger partial charge on any atom is -0.462 e. The second-order valence-electron chi connectivity index (χ2n) is 4.51. The Bertz CT molecular complexity index is 276. The van der Waals surface area contributed by atoms with E-state index in [9.17, 15) is 20.1 Å². The van der Waals surface area contributed by atoms with E-state index in [0.29, 0.717) is 12.8 Å². The average Bonchev–Trinajstić information content (AvgIpc) is 2.14. The van der Waals surface area contributed by atoms with Crippen molar-refractivity contribution in [1.29, 1.82) is 0 Å². The van der Waals surface area contributed by atoms with Gasteiger partial charge in [0.05, 0.1) is 24.7 Å². The molecule has 3 N–H and O–H groups in total. The number of rotatable bonds is 0. The molecule has 1 heterocycles. The van der Waals surface area contributed by atoms with E-state index in [1.165, 1.54) is 6.08 Å². The summed E-state index contributed by atoms with van der Waals surface area (Å²) < 4.78 is 5.02. The Hall–Kier alpha value is -0.910. The van der Waals surface area contributed by atoms with Crippen LogP contribution < -0.4 is 0 Å². The van der Waals surface area contributed by atoms with Crippen LogP contribution in [0.4, 0.5) is 0 Å². The van der Waals surface area contributed by atoms with Crippen LogP contribution in [-0.4, -0.2) is 45.7 Å². The highest BCUT2D eigenvalue weighted by molar-refractivity contribution is 5.70. The van der Waals surface area contributed by atoms with Crippen LogP contribution in [-0.2, 0) is 9.53 Å². The summed E-state index contributed by atoms with van der Waals surface area (Å²) in [6.07, 6.45) is 1.23. The zero-order chi connectivity index (χ0) is 12.8. The maximum absolute atomic E-state index is 11.3. The van der Waals surface area contributed by atoms with Gasteiger partial charge in [0.15, 0.2) is 0 Å². The molecule has 0 saturated heterocycles. The molecule has 1 aliphatic heterocycles. The second-order valence-corrected chi connectivity index (χ2v) is 4.51. The molecule has 0 amide bonds. The third kappa shape index (κ3) is 5.81. The molecular weight excluding hydrogens is 224 g/mol. The summed E-state index contributed by atoms with van der Waals surface area (Å²) in [5.74, 6) is -0.483. The lowest BCUT2D eigenvalue weighted by Crippen LogP contribution is -2.26. The highest BCUT2D eigenvalue weighted by Crippen LogP contribution is 2.13. The van der Waals surface area contributed by atoms with E-state index in [-0.39, 0.29) is 12.8 Å². The van der Waals surface area contributed by atoms with Crippen molar-refractivity contribution in [3.05, 3.63) is 12.2 Å². The molecule has 1 aliphatic rings. The van der Waals surface area contributed by atoms with Crippen molar-refractivity contribution in [2.24, 2.45) is 0 Å². The van der Waals surface area contributed by atoms with Crippen molar-refractivity contribution in [3.8, 4) is 0 Å². The van der Waals surface area contributed by atoms with Gasteiger partial charge >= 0.3 is 5.97 Å². The summed E-state index contributed by atoms with van der Waals surface area (Å²) in [5.41, 5.74) is 0. The SMILES string of the molecule is C[C@@H]1CC(O)C[C@@H](O)C/C=C/[C@@H](O)CC(=O)O1. The Morgan fingerprint density at radius 3 is 2.65 bits per heavy atom. The van der Waals surface area contributed by atoms with Gasteiger partial charge in [-0.15, -0.1) is 0 Å². The minimum absolute atomic E-state index is 0.104. The number of carbonyl (C=O) groups excluding carboxylic acids is 1. The third-order valence-corrected chi connectivity index (χ3v) is 2.62. The van der Waals surface area contributed by atoms with Crippen LogP contribution in [0.5, 0.6) is 0 Å². The van der Waals surface area contributed by atoms with E-state index in [1.54, 1.807) is 13.0 Å². The number of hydrogen-bond acceptors (Lipinski definition) is 5. The minimum atomic E-state index is -0.883. The highest BCUT2D eigenvalue weighted by Gasteiger charge is 2.19. The zero-order valence-corrected chi connectivity index (χ0v) is 9.95. The second kappa shape index (κ2) is 6.74. The van der Waals surface area contributed by atoms with E-state index in [2.05, 4.69) is 0 Å². The number of aliphatic hydroxyl groups is 3. The maximum atomic E-state index is 11.3. The van der Waals surface area contributed by atoms with Crippen LogP contribution >= 0.6 is 0 Å². The topological polar surface area (TPSA) is 87.0 Å². The van der Waals surface area contributed by atoms with Crippen molar-refractivity contribution < 1.29 is 24.9 Å². The van der Waals surface area contributed by atoms with E-state index < -0.39 is 30.4 Å². The monoisotopic (exact) mass is 244 g/mol. The van der Waals surface area contributed by atoms with Crippen LogP contribution in [0.15, 0.2) is 12.2 Å². The van der Waals surface area contributed by atoms with Gasteiger partial charge in [-0.2, -0.15) is 0 Å². The largest absolute Gasteiger partial charge is 0.462 e. The predicted molar refractivity (Wildman–Crippen MR) is 61.2 cm³/mol. The van der Waals surface area contributed by atoms with Gasteiger partial charge in [0.2, 0.25) is 0 Å². The van der Waals surface area contributed by atoms with E-state index in [1.807, 2.05) is 0 Å². The molecule has 0 aliphatic carbocycles. The van der Waals surface area contributed by atoms with Gasteiger partial charge in [-0.1, -0.05) is 12.2 Å². The van der Waals surface area contributed by atoms with Crippen molar-refractivity contribution in [3.63, 3.8) is 0 Å². The molecule has 0 spiro atoms. The Kier molecular flexibility index (Phi) is 5.61. The number of aliphatic hydroxyl groups excluding tert-OH is 3. The average molecular weight is 244 g/mol. The van der Waals surface area contributed by atoms with Crippen LogP contribution in [0, 0.1) is 0 Å². The van der Waals surface area contributed by atoms with Crippen LogP contribution in [0.1, 0.15) is 32.6 Å². The van der Waals surface area contributed by atoms with Gasteiger partial charge in [-0.25, -0.2) is 0 Å². The lowest BCUT2D eigenvalue weighted by Gasteiger charge is -2.20. The first-order valence-corrected chi connectivity index (χ1v) is 5.87. The number of ether oxygens (including phenoxy) is 1. The van der Waals surface area contributed by atoms with Crippen molar-refractivity contribution in [2.75, 3.05) is 0 Å². The molecule has 0 bridgehead atoms. The lowest BCUT2D eigenvalue weighted by atomic mass is 10.0. The summed E-state index contributed by atoms with van der Waals surface area (Å²) in [5, 5.41) is 28.7. The number of hydrogen-bond donors (Lipinski definition) is 3. The molecule has 0 radical (unpaired) electrons. The number of cyclic esters (lactones) is 1. The van der Waals surface area contributed by atoms with Gasteiger partial charge in [0, 0.05) is 6.42 Å². The Morgan fingerprint density at radius 2 is 1.94 bits per heavy atom. The van der Waals surface area contributed by atoms with Gasteiger partial charge in [0.25, 0.3) is 0 Å². The van der Waals surface area contributed by atoms with Gasteiger partial charge in [0.1, 0.15) is 6.10 Å². The fourth-order valence-corrected chi connectivity index (χ4v) is 1.84. The summed E-state index contributed by atoms with van der Waals surface area (Å²) in [6.45, 7) is 1.68. The van der Waals surface area contributed by atoms with Crippen LogP contribution in [0.25, 0.3) is 0 Å². The number of carbonyl (C=O) groups is 1. The molecule has 0 aromatic heterocycles. The molecule has 98 valence electrons. The summed E-state index contributed by atoms with van der Waals surface area (Å²) in [6, 6.07) is 0. The fraction of sp³-hybridized carbons (Fsp3) is 0.750. The molecule has 1 unspecified atom stereocenters. The molecule has 5 heteroatoms. The van der Waals surface area contributed by atoms with Crippen LogP contribution in [0.2, 0.25) is 0 Å². The van der Waals surface area contributed by atoms with Gasteiger partial charge in [-0.3, -0.25) is 4.79 Å². The van der Waals surface area contributed by atoms with Crippen LogP contribution in [0.3, 0.4) is 0 Å². The van der Waals surface area contributed by atoms with Crippen molar-refractivity contribution in [2.45, 2.75) is 57.0 Å². The van der Waals surface area contributed by atoms with E-state index in [0.717, 1.165) is 0 Å².